The summed E-state index contributed by atoms with van der Waals surface area (Å²) in [5, 5.41) is 6.95. The Kier molecular flexibility index (Phi) is 7.00. The fraction of sp³-hybridized carbons (Fsp3) is 0.588. The average molecular weight is 359 g/mol. The maximum atomic E-state index is 12.6. The average Bonchev–Trinajstić information content (AvgIpc) is 3.03. The number of rotatable bonds is 4. The molecule has 128 valence electrons. The highest BCUT2D eigenvalue weighted by atomic mass is 35.5. The topological polar surface area (TPSA) is 50.4 Å². The maximum absolute atomic E-state index is 12.6. The van der Waals surface area contributed by atoms with Crippen molar-refractivity contribution < 1.29 is 9.53 Å². The molecule has 2 N–H and O–H groups in total. The zero-order valence-electron chi connectivity index (χ0n) is 13.1. The molecule has 4 nitrogen and oxygen atoms in total. The predicted molar refractivity (Wildman–Crippen MR) is 94.9 cm³/mol. The van der Waals surface area contributed by atoms with Gasteiger partial charge in [0.2, 0.25) is 0 Å². The van der Waals surface area contributed by atoms with Gasteiger partial charge in [0.1, 0.15) is 5.75 Å². The molecule has 0 radical (unpaired) electrons. The van der Waals surface area contributed by atoms with E-state index in [4.69, 9.17) is 16.3 Å². The first-order valence-corrected chi connectivity index (χ1v) is 8.58. The summed E-state index contributed by atoms with van der Waals surface area (Å²) < 4.78 is 6.04. The molecule has 1 aromatic rings. The Balaban J connectivity index is 0.00000192. The normalized spacial score (nSPS) is 21.5. The molecule has 1 aromatic carbocycles. The van der Waals surface area contributed by atoms with E-state index in [1.807, 2.05) is 6.07 Å². The van der Waals surface area contributed by atoms with Crippen LogP contribution in [0.1, 0.15) is 48.9 Å². The zero-order valence-corrected chi connectivity index (χ0v) is 14.7. The first-order valence-electron chi connectivity index (χ1n) is 8.20. The van der Waals surface area contributed by atoms with Crippen LogP contribution < -0.4 is 15.4 Å². The maximum Gasteiger partial charge on any atom is 0.255 e. The minimum atomic E-state index is -0.0933. The summed E-state index contributed by atoms with van der Waals surface area (Å²) in [5.41, 5.74) is 0.546. The van der Waals surface area contributed by atoms with Crippen LogP contribution in [0, 0.1) is 0 Å². The smallest absolute Gasteiger partial charge is 0.255 e. The second-order valence-electron chi connectivity index (χ2n) is 6.18. The Bertz CT molecular complexity index is 527. The number of carbonyl (C=O) groups excluding carboxylic acids is 1. The van der Waals surface area contributed by atoms with Crippen molar-refractivity contribution in [1.82, 2.24) is 10.6 Å². The van der Waals surface area contributed by atoms with Gasteiger partial charge in [0.15, 0.2) is 0 Å². The number of halogens is 2. The number of carbonyl (C=O) groups is 1. The first kappa shape index (κ1) is 18.4. The Morgan fingerprint density at radius 3 is 2.70 bits per heavy atom. The standard InChI is InChI=1S/C17H23ClN2O2.ClH/c18-12-7-8-16(22-14-5-1-2-6-14)15(10-12)17(21)20-13-4-3-9-19-11-13;/h7-8,10,13-14,19H,1-6,9,11H2,(H,20,21);1H/t13-;/m0./s1. The van der Waals surface area contributed by atoms with Crippen molar-refractivity contribution in [3.63, 3.8) is 0 Å². The van der Waals surface area contributed by atoms with Gasteiger partial charge >= 0.3 is 0 Å². The third kappa shape index (κ3) is 5.00. The minimum Gasteiger partial charge on any atom is -0.490 e. The SMILES string of the molecule is Cl.O=C(N[C@H]1CCCNC1)c1cc(Cl)ccc1OC1CCCC1. The molecule has 1 amide bonds. The minimum absolute atomic E-state index is 0. The van der Waals surface area contributed by atoms with Gasteiger partial charge in [0.25, 0.3) is 5.91 Å². The molecule has 2 fully saturated rings. The van der Waals surface area contributed by atoms with Gasteiger partial charge in [-0.2, -0.15) is 0 Å². The van der Waals surface area contributed by atoms with Crippen molar-refractivity contribution >= 4 is 29.9 Å². The van der Waals surface area contributed by atoms with Crippen LogP contribution >= 0.6 is 24.0 Å². The Morgan fingerprint density at radius 2 is 2.00 bits per heavy atom. The highest BCUT2D eigenvalue weighted by Crippen LogP contribution is 2.28. The molecule has 0 bridgehead atoms. The number of hydrogen-bond acceptors (Lipinski definition) is 3. The number of piperidine rings is 1. The number of nitrogens with one attached hydrogen (secondary N) is 2. The summed E-state index contributed by atoms with van der Waals surface area (Å²) in [4.78, 5) is 12.6. The van der Waals surface area contributed by atoms with Crippen LogP contribution in [0.5, 0.6) is 5.75 Å². The lowest BCUT2D eigenvalue weighted by atomic mass is 10.1. The van der Waals surface area contributed by atoms with Crippen LogP contribution in [0.4, 0.5) is 0 Å². The van der Waals surface area contributed by atoms with Crippen molar-refractivity contribution in [3.05, 3.63) is 28.8 Å². The van der Waals surface area contributed by atoms with E-state index in [0.29, 0.717) is 16.3 Å². The van der Waals surface area contributed by atoms with Crippen LogP contribution in [0.2, 0.25) is 5.02 Å². The largest absolute Gasteiger partial charge is 0.490 e. The number of ether oxygens (including phenoxy) is 1. The second kappa shape index (κ2) is 8.76. The molecule has 1 aliphatic carbocycles. The van der Waals surface area contributed by atoms with Crippen LogP contribution in [0.25, 0.3) is 0 Å². The molecule has 23 heavy (non-hydrogen) atoms. The van der Waals surface area contributed by atoms with Crippen LogP contribution in [0.3, 0.4) is 0 Å². The fourth-order valence-electron chi connectivity index (χ4n) is 3.21. The van der Waals surface area contributed by atoms with E-state index < -0.39 is 0 Å². The molecule has 2 aliphatic rings. The van der Waals surface area contributed by atoms with E-state index in [1.165, 1.54) is 12.8 Å². The van der Waals surface area contributed by atoms with E-state index in [-0.39, 0.29) is 30.5 Å². The number of amides is 1. The fourth-order valence-corrected chi connectivity index (χ4v) is 3.38. The molecule has 6 heteroatoms. The lowest BCUT2D eigenvalue weighted by Crippen LogP contribution is -2.45. The van der Waals surface area contributed by atoms with Crippen LogP contribution in [-0.2, 0) is 0 Å². The molecule has 3 rings (SSSR count). The van der Waals surface area contributed by atoms with Crippen LogP contribution in [0.15, 0.2) is 18.2 Å². The molecular formula is C17H24Cl2N2O2. The van der Waals surface area contributed by atoms with Crippen molar-refractivity contribution in [2.24, 2.45) is 0 Å². The second-order valence-corrected chi connectivity index (χ2v) is 6.62. The molecular weight excluding hydrogens is 335 g/mol. The van der Waals surface area contributed by atoms with E-state index in [2.05, 4.69) is 10.6 Å². The Morgan fingerprint density at radius 1 is 1.22 bits per heavy atom. The molecule has 0 unspecified atom stereocenters. The third-order valence-corrected chi connectivity index (χ3v) is 4.65. The van der Waals surface area contributed by atoms with Gasteiger partial charge in [-0.25, -0.2) is 0 Å². The molecule has 1 atom stereocenters. The van der Waals surface area contributed by atoms with Crippen molar-refractivity contribution in [2.75, 3.05) is 13.1 Å². The van der Waals surface area contributed by atoms with Crippen LogP contribution in [-0.4, -0.2) is 31.1 Å². The molecule has 1 aliphatic heterocycles. The van der Waals surface area contributed by atoms with Crippen molar-refractivity contribution in [1.29, 1.82) is 0 Å². The van der Waals surface area contributed by atoms with Crippen molar-refractivity contribution in [2.45, 2.75) is 50.7 Å². The van der Waals surface area contributed by atoms with Gasteiger partial charge in [-0.05, 0) is 63.3 Å². The lowest BCUT2D eigenvalue weighted by molar-refractivity contribution is 0.0923. The molecule has 1 saturated heterocycles. The zero-order chi connectivity index (χ0) is 15.4. The van der Waals surface area contributed by atoms with E-state index in [9.17, 15) is 4.79 Å². The third-order valence-electron chi connectivity index (χ3n) is 4.41. The van der Waals surface area contributed by atoms with E-state index in [1.54, 1.807) is 12.1 Å². The Labute approximate surface area is 148 Å². The van der Waals surface area contributed by atoms with Gasteiger partial charge in [0.05, 0.1) is 11.7 Å². The molecule has 1 heterocycles. The molecule has 1 saturated carbocycles. The van der Waals surface area contributed by atoms with E-state index in [0.717, 1.165) is 38.8 Å². The summed E-state index contributed by atoms with van der Waals surface area (Å²) in [6.45, 7) is 1.85. The monoisotopic (exact) mass is 358 g/mol. The first-order chi connectivity index (χ1) is 10.7. The molecule has 0 aromatic heterocycles. The number of hydrogen-bond donors (Lipinski definition) is 2. The highest BCUT2D eigenvalue weighted by Gasteiger charge is 2.22. The van der Waals surface area contributed by atoms with Gasteiger partial charge in [-0.3, -0.25) is 4.79 Å². The lowest BCUT2D eigenvalue weighted by Gasteiger charge is -2.24. The highest BCUT2D eigenvalue weighted by molar-refractivity contribution is 6.31. The Hall–Kier alpha value is -0.970. The van der Waals surface area contributed by atoms with Crippen molar-refractivity contribution in [3.8, 4) is 5.75 Å². The summed E-state index contributed by atoms with van der Waals surface area (Å²) in [7, 11) is 0. The number of benzene rings is 1. The summed E-state index contributed by atoms with van der Waals surface area (Å²) in [6.07, 6.45) is 6.86. The predicted octanol–water partition coefficient (Wildman–Crippen LogP) is 3.57. The summed E-state index contributed by atoms with van der Waals surface area (Å²) >= 11 is 6.07. The van der Waals surface area contributed by atoms with Gasteiger partial charge in [0, 0.05) is 17.6 Å². The molecule has 0 spiro atoms. The van der Waals surface area contributed by atoms with Gasteiger partial charge < -0.3 is 15.4 Å². The van der Waals surface area contributed by atoms with Gasteiger partial charge in [-0.1, -0.05) is 11.6 Å². The van der Waals surface area contributed by atoms with Gasteiger partial charge in [-0.15, -0.1) is 12.4 Å². The quantitative estimate of drug-likeness (QED) is 0.864. The summed E-state index contributed by atoms with van der Waals surface area (Å²) in [6, 6.07) is 5.48. The summed E-state index contributed by atoms with van der Waals surface area (Å²) in [5.74, 6) is 0.557. The van der Waals surface area contributed by atoms with E-state index >= 15 is 0 Å².